The molecule has 6 nitrogen and oxygen atoms in total. The lowest BCUT2D eigenvalue weighted by atomic mass is 10.0. The number of sulfonamides is 1. The van der Waals surface area contributed by atoms with Crippen LogP contribution in [-0.4, -0.2) is 27.9 Å². The Balaban J connectivity index is 2.10. The van der Waals surface area contributed by atoms with Crippen LogP contribution >= 0.6 is 0 Å². The van der Waals surface area contributed by atoms with Crippen LogP contribution in [0.2, 0.25) is 0 Å². The predicted octanol–water partition coefficient (Wildman–Crippen LogP) is 1.66. The highest BCUT2D eigenvalue weighted by Gasteiger charge is 2.13. The van der Waals surface area contributed by atoms with Gasteiger partial charge in [-0.05, 0) is 54.3 Å². The van der Waals surface area contributed by atoms with Crippen molar-refractivity contribution in [2.75, 3.05) is 18.8 Å². The summed E-state index contributed by atoms with van der Waals surface area (Å²) in [5.74, 6) is 0. The van der Waals surface area contributed by atoms with Gasteiger partial charge in [0.15, 0.2) is 0 Å². The van der Waals surface area contributed by atoms with Gasteiger partial charge in [-0.25, -0.2) is 13.1 Å². The summed E-state index contributed by atoms with van der Waals surface area (Å²) >= 11 is 0. The fourth-order valence-corrected chi connectivity index (χ4v) is 3.38. The predicted molar refractivity (Wildman–Crippen MR) is 94.9 cm³/mol. The van der Waals surface area contributed by atoms with Crippen LogP contribution in [0.25, 0.3) is 11.1 Å². The van der Waals surface area contributed by atoms with E-state index in [0.29, 0.717) is 25.1 Å². The van der Waals surface area contributed by atoms with E-state index in [2.05, 4.69) is 10.0 Å². The van der Waals surface area contributed by atoms with Gasteiger partial charge in [0.05, 0.1) is 4.90 Å². The van der Waals surface area contributed by atoms with E-state index in [1.165, 1.54) is 0 Å². The Morgan fingerprint density at radius 2 is 1.79 bits per heavy atom. The van der Waals surface area contributed by atoms with Crippen LogP contribution in [0.3, 0.4) is 0 Å². The third-order valence-corrected chi connectivity index (χ3v) is 5.09. The highest BCUT2D eigenvalue weighted by Crippen LogP contribution is 2.26. The fourth-order valence-electron chi connectivity index (χ4n) is 2.30. The van der Waals surface area contributed by atoms with Crippen LogP contribution in [-0.2, 0) is 14.8 Å². The average molecular weight is 347 g/mol. The third-order valence-electron chi connectivity index (χ3n) is 3.61. The Bertz CT molecular complexity index is 802. The van der Waals surface area contributed by atoms with Crippen LogP contribution in [0.4, 0.5) is 5.69 Å². The lowest BCUT2D eigenvalue weighted by molar-refractivity contribution is -0.109. The second kappa shape index (κ2) is 7.94. The van der Waals surface area contributed by atoms with Crippen molar-refractivity contribution in [3.05, 3.63) is 48.0 Å². The molecule has 24 heavy (non-hydrogen) atoms. The van der Waals surface area contributed by atoms with Crippen molar-refractivity contribution < 1.29 is 13.2 Å². The molecule has 0 aliphatic rings. The lowest BCUT2D eigenvalue weighted by Crippen LogP contribution is -2.27. The maximum atomic E-state index is 12.2. The molecule has 0 aliphatic heterocycles. The largest absolute Gasteiger partial charge is 0.399 e. The highest BCUT2D eigenvalue weighted by atomic mass is 32.2. The van der Waals surface area contributed by atoms with Crippen molar-refractivity contribution >= 4 is 22.1 Å². The van der Waals surface area contributed by atoms with Gasteiger partial charge in [-0.15, -0.1) is 0 Å². The van der Waals surface area contributed by atoms with Gasteiger partial charge >= 0.3 is 0 Å². The number of hydrogen-bond acceptors (Lipinski definition) is 4. The molecule has 0 unspecified atom stereocenters. The van der Waals surface area contributed by atoms with Gasteiger partial charge in [0.1, 0.15) is 0 Å². The molecule has 2 aromatic rings. The van der Waals surface area contributed by atoms with Crippen molar-refractivity contribution in [1.29, 1.82) is 0 Å². The van der Waals surface area contributed by atoms with Crippen LogP contribution in [0.5, 0.6) is 0 Å². The first-order chi connectivity index (χ1) is 11.4. The normalized spacial score (nSPS) is 11.2. The molecule has 7 heteroatoms. The summed E-state index contributed by atoms with van der Waals surface area (Å²) in [6, 6.07) is 12.3. The fraction of sp³-hybridized carbons (Fsp3) is 0.235. The summed E-state index contributed by atoms with van der Waals surface area (Å²) in [6.45, 7) is 2.67. The zero-order valence-electron chi connectivity index (χ0n) is 13.5. The van der Waals surface area contributed by atoms with Crippen LogP contribution in [0.15, 0.2) is 47.4 Å². The summed E-state index contributed by atoms with van der Waals surface area (Å²) in [6.07, 6.45) is 1.12. The van der Waals surface area contributed by atoms with Gasteiger partial charge in [0, 0.05) is 18.8 Å². The molecule has 128 valence electrons. The number of nitrogens with two attached hydrogens (primary N) is 1. The van der Waals surface area contributed by atoms with Gasteiger partial charge in [-0.1, -0.05) is 18.2 Å². The monoisotopic (exact) mass is 347 g/mol. The quantitative estimate of drug-likeness (QED) is 0.384. The number of anilines is 1. The van der Waals surface area contributed by atoms with E-state index in [0.717, 1.165) is 16.7 Å². The third kappa shape index (κ3) is 4.56. The number of aryl methyl sites for hydroxylation is 1. The van der Waals surface area contributed by atoms with E-state index in [4.69, 9.17) is 5.73 Å². The topological polar surface area (TPSA) is 101 Å². The molecule has 0 radical (unpaired) electrons. The first kappa shape index (κ1) is 18.0. The number of amides is 1. The minimum absolute atomic E-state index is 0.205. The molecule has 0 aliphatic carbocycles. The Labute approximate surface area is 142 Å². The van der Waals surface area contributed by atoms with Gasteiger partial charge in [-0.3, -0.25) is 4.79 Å². The summed E-state index contributed by atoms with van der Waals surface area (Å²) in [5, 5.41) is 2.48. The summed E-state index contributed by atoms with van der Waals surface area (Å²) in [7, 11) is -3.56. The molecule has 0 aromatic heterocycles. The summed E-state index contributed by atoms with van der Waals surface area (Å²) in [4.78, 5) is 10.3. The lowest BCUT2D eigenvalue weighted by Gasteiger charge is -2.10. The molecule has 0 saturated heterocycles. The Morgan fingerprint density at radius 1 is 1.08 bits per heavy atom. The van der Waals surface area contributed by atoms with Crippen molar-refractivity contribution in [3.63, 3.8) is 0 Å². The first-order valence-corrected chi connectivity index (χ1v) is 9.05. The molecule has 0 spiro atoms. The van der Waals surface area contributed by atoms with E-state index < -0.39 is 10.0 Å². The minimum Gasteiger partial charge on any atom is -0.399 e. The minimum atomic E-state index is -3.56. The number of carbonyl (C=O) groups is 1. The molecular formula is C17H21N3O3S. The van der Waals surface area contributed by atoms with Gasteiger partial charge < -0.3 is 11.1 Å². The highest BCUT2D eigenvalue weighted by molar-refractivity contribution is 7.89. The number of carbonyl (C=O) groups excluding carboxylic acids is 1. The van der Waals surface area contributed by atoms with E-state index >= 15 is 0 Å². The van der Waals surface area contributed by atoms with Gasteiger partial charge in [-0.2, -0.15) is 0 Å². The Kier molecular flexibility index (Phi) is 5.94. The standard InChI is InChI=1S/C17H21N3O3S/c1-13-3-6-15(18)11-17(13)14-4-7-16(8-5-14)24(22,23)20-10-2-9-19-12-21/h3-8,11-12,20H,2,9-10,18H2,1H3,(H,19,21). The second-order valence-electron chi connectivity index (χ2n) is 5.42. The summed E-state index contributed by atoms with van der Waals surface area (Å²) < 4.78 is 26.9. The SMILES string of the molecule is Cc1ccc(N)cc1-c1ccc(S(=O)(=O)NCCCNC=O)cc1. The van der Waals surface area contributed by atoms with Crippen LogP contribution in [0, 0.1) is 6.92 Å². The van der Waals surface area contributed by atoms with E-state index in [9.17, 15) is 13.2 Å². The average Bonchev–Trinajstić information content (AvgIpc) is 2.57. The van der Waals surface area contributed by atoms with E-state index in [1.54, 1.807) is 24.3 Å². The zero-order valence-corrected chi connectivity index (χ0v) is 14.3. The molecule has 0 fully saturated rings. The number of nitrogens with one attached hydrogen (secondary N) is 2. The molecule has 0 bridgehead atoms. The van der Waals surface area contributed by atoms with Gasteiger partial charge in [0.25, 0.3) is 0 Å². The van der Waals surface area contributed by atoms with Gasteiger partial charge in [0.2, 0.25) is 16.4 Å². The molecule has 0 atom stereocenters. The van der Waals surface area contributed by atoms with Crippen molar-refractivity contribution in [2.24, 2.45) is 0 Å². The van der Waals surface area contributed by atoms with Crippen LogP contribution < -0.4 is 15.8 Å². The molecular weight excluding hydrogens is 326 g/mol. The first-order valence-electron chi connectivity index (χ1n) is 7.57. The second-order valence-corrected chi connectivity index (χ2v) is 7.19. The molecule has 2 aromatic carbocycles. The molecule has 0 heterocycles. The number of benzene rings is 2. The zero-order chi connectivity index (χ0) is 17.6. The molecule has 4 N–H and O–H groups in total. The van der Waals surface area contributed by atoms with E-state index in [1.807, 2.05) is 25.1 Å². The number of nitrogen functional groups attached to an aromatic ring is 1. The maximum absolute atomic E-state index is 12.2. The molecule has 0 saturated carbocycles. The van der Waals surface area contributed by atoms with Crippen molar-refractivity contribution in [1.82, 2.24) is 10.0 Å². The number of rotatable bonds is 8. The van der Waals surface area contributed by atoms with Crippen molar-refractivity contribution in [3.8, 4) is 11.1 Å². The number of hydrogen-bond donors (Lipinski definition) is 3. The van der Waals surface area contributed by atoms with Crippen LogP contribution in [0.1, 0.15) is 12.0 Å². The smallest absolute Gasteiger partial charge is 0.240 e. The summed E-state index contributed by atoms with van der Waals surface area (Å²) in [5.41, 5.74) is 9.45. The molecule has 2 rings (SSSR count). The molecule has 1 amide bonds. The maximum Gasteiger partial charge on any atom is 0.240 e. The Hall–Kier alpha value is -2.38. The van der Waals surface area contributed by atoms with E-state index in [-0.39, 0.29) is 11.4 Å². The van der Waals surface area contributed by atoms with Crippen molar-refractivity contribution in [2.45, 2.75) is 18.2 Å². The Morgan fingerprint density at radius 3 is 2.46 bits per heavy atom.